The Hall–Kier alpha value is -0.660. The van der Waals surface area contributed by atoms with Crippen molar-refractivity contribution in [2.75, 3.05) is 27.3 Å². The molecule has 1 aromatic rings. The van der Waals surface area contributed by atoms with Gasteiger partial charge in [-0.2, -0.15) is 4.31 Å². The van der Waals surface area contributed by atoms with Crippen molar-refractivity contribution in [3.05, 3.63) is 28.8 Å². The quantitative estimate of drug-likeness (QED) is 0.789. The van der Waals surface area contributed by atoms with Gasteiger partial charge in [-0.1, -0.05) is 17.7 Å². The van der Waals surface area contributed by atoms with E-state index in [2.05, 4.69) is 5.32 Å². The van der Waals surface area contributed by atoms with Gasteiger partial charge in [0.1, 0.15) is 0 Å². The smallest absolute Gasteiger partial charge is 0.242 e. The zero-order chi connectivity index (χ0) is 15.5. The van der Waals surface area contributed by atoms with Gasteiger partial charge in [0.05, 0.1) is 11.5 Å². The Kier molecular flexibility index (Phi) is 5.62. The topological polar surface area (TPSA) is 58.6 Å². The zero-order valence-corrected chi connectivity index (χ0v) is 13.9. The summed E-state index contributed by atoms with van der Waals surface area (Å²) in [7, 11) is -0.448. The van der Waals surface area contributed by atoms with Crippen LogP contribution in [0.2, 0.25) is 5.02 Å². The van der Waals surface area contributed by atoms with Crippen LogP contribution in [0.1, 0.15) is 18.4 Å². The number of likely N-dealkylation sites (N-methyl/N-ethyl adjacent to an activating group) is 1. The summed E-state index contributed by atoms with van der Waals surface area (Å²) >= 11 is 6.20. The van der Waals surface area contributed by atoms with Crippen LogP contribution in [0.4, 0.5) is 0 Å². The molecule has 0 radical (unpaired) electrons. The number of benzene rings is 1. The summed E-state index contributed by atoms with van der Waals surface area (Å²) < 4.78 is 30.9. The average molecular weight is 333 g/mol. The van der Waals surface area contributed by atoms with Crippen LogP contribution in [-0.4, -0.2) is 46.1 Å². The first-order valence-corrected chi connectivity index (χ1v) is 8.74. The highest BCUT2D eigenvalue weighted by Gasteiger charge is 2.23. The molecule has 1 aliphatic rings. The molecule has 0 aromatic heterocycles. The van der Waals surface area contributed by atoms with E-state index in [0.717, 1.165) is 5.56 Å². The highest BCUT2D eigenvalue weighted by atomic mass is 35.5. The molecule has 1 saturated carbocycles. The molecule has 1 aromatic carbocycles. The summed E-state index contributed by atoms with van der Waals surface area (Å²) in [6, 6.07) is 5.48. The Morgan fingerprint density at radius 1 is 1.43 bits per heavy atom. The maximum atomic E-state index is 12.4. The monoisotopic (exact) mass is 332 g/mol. The van der Waals surface area contributed by atoms with Crippen LogP contribution in [0.3, 0.4) is 0 Å². The summed E-state index contributed by atoms with van der Waals surface area (Å²) in [6.07, 6.45) is 2.41. The molecule has 0 spiro atoms. The highest BCUT2D eigenvalue weighted by molar-refractivity contribution is 7.89. The van der Waals surface area contributed by atoms with Crippen LogP contribution in [0, 0.1) is 0 Å². The second-order valence-electron chi connectivity index (χ2n) is 5.23. The van der Waals surface area contributed by atoms with Gasteiger partial charge in [0.2, 0.25) is 10.0 Å². The van der Waals surface area contributed by atoms with Gasteiger partial charge in [0, 0.05) is 38.3 Å². The standard InChI is InChI=1S/C14H21ClN2O3S/c1-17(7-8-20-2)21(18,19)13-6-3-11(14(15)9-13)10-16-12-4-5-12/h3,6,9,12,16H,4-5,7-8,10H2,1-2H3. The lowest BCUT2D eigenvalue weighted by atomic mass is 10.2. The van der Waals surface area contributed by atoms with Crippen LogP contribution in [0.5, 0.6) is 0 Å². The van der Waals surface area contributed by atoms with Crippen LogP contribution in [-0.2, 0) is 21.3 Å². The Morgan fingerprint density at radius 2 is 2.14 bits per heavy atom. The molecule has 0 atom stereocenters. The van der Waals surface area contributed by atoms with Gasteiger partial charge in [0.25, 0.3) is 0 Å². The largest absolute Gasteiger partial charge is 0.383 e. The minimum Gasteiger partial charge on any atom is -0.383 e. The number of sulfonamides is 1. The van der Waals surface area contributed by atoms with Gasteiger partial charge in [0.15, 0.2) is 0 Å². The lowest BCUT2D eigenvalue weighted by Crippen LogP contribution is -2.30. The molecule has 1 aliphatic carbocycles. The van der Waals surface area contributed by atoms with Gasteiger partial charge in [-0.3, -0.25) is 0 Å². The van der Waals surface area contributed by atoms with Crippen molar-refractivity contribution >= 4 is 21.6 Å². The summed E-state index contributed by atoms with van der Waals surface area (Å²) in [5, 5.41) is 3.84. The molecule has 118 valence electrons. The normalized spacial score (nSPS) is 15.6. The van der Waals surface area contributed by atoms with Crippen LogP contribution in [0.25, 0.3) is 0 Å². The number of rotatable bonds is 8. The number of nitrogens with zero attached hydrogens (tertiary/aromatic N) is 1. The van der Waals surface area contributed by atoms with E-state index in [-0.39, 0.29) is 4.90 Å². The van der Waals surface area contributed by atoms with Crippen molar-refractivity contribution in [3.8, 4) is 0 Å². The van der Waals surface area contributed by atoms with Crippen molar-refractivity contribution in [1.29, 1.82) is 0 Å². The number of hydrogen-bond donors (Lipinski definition) is 1. The van der Waals surface area contributed by atoms with Crippen molar-refractivity contribution in [2.45, 2.75) is 30.3 Å². The van der Waals surface area contributed by atoms with E-state index in [4.69, 9.17) is 16.3 Å². The Labute approximate surface area is 131 Å². The minimum absolute atomic E-state index is 0.210. The number of methoxy groups -OCH3 is 1. The Morgan fingerprint density at radius 3 is 2.71 bits per heavy atom. The molecular formula is C14H21ClN2O3S. The van der Waals surface area contributed by atoms with E-state index in [1.165, 1.54) is 30.3 Å². The number of hydrogen-bond acceptors (Lipinski definition) is 4. The molecule has 5 nitrogen and oxygen atoms in total. The number of nitrogens with one attached hydrogen (secondary N) is 1. The van der Waals surface area contributed by atoms with E-state index in [9.17, 15) is 8.42 Å². The second kappa shape index (κ2) is 7.07. The molecule has 21 heavy (non-hydrogen) atoms. The van der Waals surface area contributed by atoms with Gasteiger partial charge in [-0.25, -0.2) is 8.42 Å². The first kappa shape index (κ1) is 16.7. The predicted octanol–water partition coefficient (Wildman–Crippen LogP) is 1.86. The lowest BCUT2D eigenvalue weighted by molar-refractivity contribution is 0.185. The molecule has 0 heterocycles. The molecule has 0 saturated heterocycles. The lowest BCUT2D eigenvalue weighted by Gasteiger charge is -2.17. The molecular weight excluding hydrogens is 312 g/mol. The fourth-order valence-corrected chi connectivity index (χ4v) is 3.39. The van der Waals surface area contributed by atoms with Gasteiger partial charge >= 0.3 is 0 Å². The molecule has 0 aliphatic heterocycles. The minimum atomic E-state index is -3.52. The third kappa shape index (κ3) is 4.40. The maximum absolute atomic E-state index is 12.4. The molecule has 0 amide bonds. The van der Waals surface area contributed by atoms with Gasteiger partial charge in [-0.05, 0) is 30.5 Å². The third-order valence-corrected chi connectivity index (χ3v) is 5.71. The number of halogens is 1. The molecule has 1 fully saturated rings. The fraction of sp³-hybridized carbons (Fsp3) is 0.571. The molecule has 2 rings (SSSR count). The summed E-state index contributed by atoms with van der Waals surface area (Å²) in [5.74, 6) is 0. The van der Waals surface area contributed by atoms with Gasteiger partial charge in [-0.15, -0.1) is 0 Å². The highest BCUT2D eigenvalue weighted by Crippen LogP contribution is 2.24. The summed E-state index contributed by atoms with van der Waals surface area (Å²) in [6.45, 7) is 1.33. The molecule has 0 unspecified atom stereocenters. The van der Waals surface area contributed by atoms with Crippen LogP contribution >= 0.6 is 11.6 Å². The average Bonchev–Trinajstić information content (AvgIpc) is 3.27. The first-order chi connectivity index (χ1) is 9.95. The van der Waals surface area contributed by atoms with E-state index < -0.39 is 10.0 Å². The van der Waals surface area contributed by atoms with Gasteiger partial charge < -0.3 is 10.1 Å². The van der Waals surface area contributed by atoms with E-state index >= 15 is 0 Å². The fourth-order valence-electron chi connectivity index (χ4n) is 1.89. The summed E-state index contributed by atoms with van der Waals surface area (Å²) in [5.41, 5.74) is 0.919. The summed E-state index contributed by atoms with van der Waals surface area (Å²) in [4.78, 5) is 0.210. The third-order valence-electron chi connectivity index (χ3n) is 3.50. The van der Waals surface area contributed by atoms with Crippen molar-refractivity contribution in [1.82, 2.24) is 9.62 Å². The molecule has 7 heteroatoms. The van der Waals surface area contributed by atoms with E-state index in [0.29, 0.717) is 30.8 Å². The zero-order valence-electron chi connectivity index (χ0n) is 12.3. The number of ether oxygens (including phenoxy) is 1. The second-order valence-corrected chi connectivity index (χ2v) is 7.68. The van der Waals surface area contributed by atoms with Crippen LogP contribution in [0.15, 0.2) is 23.1 Å². The molecule has 0 bridgehead atoms. The van der Waals surface area contributed by atoms with Crippen molar-refractivity contribution < 1.29 is 13.2 Å². The Balaban J connectivity index is 2.10. The SMILES string of the molecule is COCCN(C)S(=O)(=O)c1ccc(CNC2CC2)c(Cl)c1. The van der Waals surface area contributed by atoms with E-state index in [1.807, 2.05) is 0 Å². The predicted molar refractivity (Wildman–Crippen MR) is 83.0 cm³/mol. The maximum Gasteiger partial charge on any atom is 0.242 e. The van der Waals surface area contributed by atoms with Crippen molar-refractivity contribution in [2.24, 2.45) is 0 Å². The van der Waals surface area contributed by atoms with E-state index in [1.54, 1.807) is 19.2 Å². The molecule has 1 N–H and O–H groups in total. The first-order valence-electron chi connectivity index (χ1n) is 6.92. The van der Waals surface area contributed by atoms with Crippen LogP contribution < -0.4 is 5.32 Å². The Bertz CT molecular complexity index is 588. The van der Waals surface area contributed by atoms with Crippen molar-refractivity contribution in [3.63, 3.8) is 0 Å².